The van der Waals surface area contributed by atoms with Crippen molar-refractivity contribution in [3.05, 3.63) is 88.3 Å². The zero-order valence-corrected chi connectivity index (χ0v) is 17.6. The third-order valence-electron chi connectivity index (χ3n) is 6.17. The molecule has 0 aliphatic heterocycles. The quantitative estimate of drug-likeness (QED) is 0.766. The van der Waals surface area contributed by atoms with Gasteiger partial charge in [0.25, 0.3) is 0 Å². The molecular weight excluding hydrogens is 372 g/mol. The molecule has 2 aliphatic carbocycles. The van der Waals surface area contributed by atoms with Gasteiger partial charge in [-0.05, 0) is 47.8 Å². The summed E-state index contributed by atoms with van der Waals surface area (Å²) in [5.74, 6) is -0.508. The Bertz CT molecular complexity index is 1060. The van der Waals surface area contributed by atoms with E-state index in [-0.39, 0.29) is 23.0 Å². The van der Waals surface area contributed by atoms with E-state index < -0.39 is 0 Å². The lowest BCUT2D eigenvalue weighted by Crippen LogP contribution is -2.34. The van der Waals surface area contributed by atoms with Crippen LogP contribution in [-0.4, -0.2) is 18.1 Å². The first kappa shape index (κ1) is 20.1. The van der Waals surface area contributed by atoms with Gasteiger partial charge in [0.1, 0.15) is 11.4 Å². The van der Waals surface area contributed by atoms with Crippen molar-refractivity contribution >= 4 is 17.1 Å². The van der Waals surface area contributed by atoms with E-state index in [4.69, 9.17) is 5.73 Å². The largest absolute Gasteiger partial charge is 0.394 e. The highest BCUT2D eigenvalue weighted by Gasteiger charge is 2.30. The van der Waals surface area contributed by atoms with Crippen molar-refractivity contribution in [3.8, 4) is 0 Å². The average Bonchev–Trinajstić information content (AvgIpc) is 2.75. The molecule has 4 heteroatoms. The van der Waals surface area contributed by atoms with Crippen molar-refractivity contribution in [1.82, 2.24) is 5.32 Å². The SMILES string of the molecule is CC1(C)CC=C(c2ccc(CCNC3=C(N)C(=O)c4ccccc4C3=O)cc2)CC1. The number of allylic oxidation sites excluding steroid dienone is 4. The molecule has 154 valence electrons. The third-order valence-corrected chi connectivity index (χ3v) is 6.17. The second-order valence-electron chi connectivity index (χ2n) is 8.96. The smallest absolute Gasteiger partial charge is 0.211 e. The lowest BCUT2D eigenvalue weighted by molar-refractivity contribution is 0.0967. The summed E-state index contributed by atoms with van der Waals surface area (Å²) in [6.07, 6.45) is 6.58. The number of fused-ring (bicyclic) bond motifs is 1. The molecule has 0 bridgehead atoms. The fourth-order valence-corrected chi connectivity index (χ4v) is 4.13. The number of nitrogens with two attached hydrogens (primary N) is 1. The molecule has 0 spiro atoms. The van der Waals surface area contributed by atoms with Crippen LogP contribution >= 0.6 is 0 Å². The van der Waals surface area contributed by atoms with E-state index in [2.05, 4.69) is 49.5 Å². The summed E-state index contributed by atoms with van der Waals surface area (Å²) in [6, 6.07) is 15.4. The van der Waals surface area contributed by atoms with Gasteiger partial charge < -0.3 is 11.1 Å². The highest BCUT2D eigenvalue weighted by molar-refractivity contribution is 6.26. The van der Waals surface area contributed by atoms with Crippen molar-refractivity contribution in [2.75, 3.05) is 6.54 Å². The van der Waals surface area contributed by atoms with Gasteiger partial charge in [-0.1, -0.05) is 68.5 Å². The standard InChI is InChI=1S/C26H28N2O2/c1-26(2)14-11-19(12-15-26)18-9-7-17(8-10-18)13-16-28-23-22(27)24(29)20-5-3-4-6-21(20)25(23)30/h3-11,28H,12-16,27H2,1-2H3. The Labute approximate surface area is 177 Å². The first-order valence-electron chi connectivity index (χ1n) is 10.6. The Morgan fingerprint density at radius 1 is 0.967 bits per heavy atom. The van der Waals surface area contributed by atoms with Gasteiger partial charge in [-0.2, -0.15) is 0 Å². The Kier molecular flexibility index (Phi) is 5.33. The monoisotopic (exact) mass is 400 g/mol. The van der Waals surface area contributed by atoms with E-state index in [1.165, 1.54) is 23.1 Å². The minimum atomic E-state index is -0.291. The minimum absolute atomic E-state index is 0.00112. The number of carbonyl (C=O) groups excluding carboxylic acids is 2. The van der Waals surface area contributed by atoms with Crippen molar-refractivity contribution < 1.29 is 9.59 Å². The van der Waals surface area contributed by atoms with Crippen LogP contribution in [0.5, 0.6) is 0 Å². The summed E-state index contributed by atoms with van der Waals surface area (Å²) < 4.78 is 0. The zero-order valence-electron chi connectivity index (χ0n) is 17.6. The lowest BCUT2D eigenvalue weighted by atomic mass is 9.77. The van der Waals surface area contributed by atoms with Crippen LogP contribution < -0.4 is 11.1 Å². The number of hydrogen-bond donors (Lipinski definition) is 2. The first-order valence-corrected chi connectivity index (χ1v) is 10.6. The fraction of sp³-hybridized carbons (Fsp3) is 0.308. The van der Waals surface area contributed by atoms with Crippen molar-refractivity contribution in [3.63, 3.8) is 0 Å². The van der Waals surface area contributed by atoms with E-state index >= 15 is 0 Å². The molecule has 2 aromatic carbocycles. The average molecular weight is 401 g/mol. The van der Waals surface area contributed by atoms with Crippen LogP contribution in [0.4, 0.5) is 0 Å². The Morgan fingerprint density at radius 2 is 1.63 bits per heavy atom. The molecule has 2 aromatic rings. The van der Waals surface area contributed by atoms with Gasteiger partial charge in [0.15, 0.2) is 0 Å². The van der Waals surface area contributed by atoms with E-state index in [0.717, 1.165) is 19.3 Å². The minimum Gasteiger partial charge on any atom is -0.394 e. The van der Waals surface area contributed by atoms with Crippen molar-refractivity contribution in [1.29, 1.82) is 0 Å². The summed E-state index contributed by atoms with van der Waals surface area (Å²) in [5, 5.41) is 3.10. The summed E-state index contributed by atoms with van der Waals surface area (Å²) in [4.78, 5) is 25.2. The van der Waals surface area contributed by atoms with E-state index in [9.17, 15) is 9.59 Å². The summed E-state index contributed by atoms with van der Waals surface area (Å²) >= 11 is 0. The second kappa shape index (κ2) is 7.94. The van der Waals surface area contributed by atoms with Crippen LogP contribution in [0, 0.1) is 5.41 Å². The van der Waals surface area contributed by atoms with Crippen LogP contribution in [0.1, 0.15) is 65.0 Å². The summed E-state index contributed by atoms with van der Waals surface area (Å²) in [6.45, 7) is 5.18. The second-order valence-corrected chi connectivity index (χ2v) is 8.96. The number of ketones is 2. The predicted octanol–water partition coefficient (Wildman–Crippen LogP) is 4.66. The fourth-order valence-electron chi connectivity index (χ4n) is 4.13. The normalized spacial score (nSPS) is 18.1. The molecule has 30 heavy (non-hydrogen) atoms. The topological polar surface area (TPSA) is 72.2 Å². The van der Waals surface area contributed by atoms with Gasteiger partial charge in [0.05, 0.1) is 0 Å². The maximum Gasteiger partial charge on any atom is 0.211 e. The number of carbonyl (C=O) groups is 2. The number of Topliss-reactive ketones (excluding diaryl/α,β-unsaturated/α-hetero) is 2. The predicted molar refractivity (Wildman–Crippen MR) is 120 cm³/mol. The molecule has 0 unspecified atom stereocenters. The summed E-state index contributed by atoms with van der Waals surface area (Å²) in [7, 11) is 0. The van der Waals surface area contributed by atoms with Crippen LogP contribution in [-0.2, 0) is 6.42 Å². The number of rotatable bonds is 5. The Hall–Kier alpha value is -3.14. The van der Waals surface area contributed by atoms with Crippen molar-refractivity contribution in [2.45, 2.75) is 39.5 Å². The van der Waals surface area contributed by atoms with E-state index in [0.29, 0.717) is 23.1 Å². The molecule has 3 N–H and O–H groups in total. The van der Waals surface area contributed by atoms with Crippen LogP contribution in [0.15, 0.2) is 66.0 Å². The third kappa shape index (κ3) is 3.95. The maximum atomic E-state index is 12.7. The molecule has 4 rings (SSSR count). The molecule has 0 aromatic heterocycles. The van der Waals surface area contributed by atoms with Crippen LogP contribution in [0.3, 0.4) is 0 Å². The maximum absolute atomic E-state index is 12.7. The molecule has 0 amide bonds. The van der Waals surface area contributed by atoms with Gasteiger partial charge >= 0.3 is 0 Å². The molecular formula is C26H28N2O2. The van der Waals surface area contributed by atoms with Crippen LogP contribution in [0.25, 0.3) is 5.57 Å². The van der Waals surface area contributed by atoms with Gasteiger partial charge in [0.2, 0.25) is 11.6 Å². The zero-order chi connectivity index (χ0) is 21.3. The molecule has 0 saturated carbocycles. The molecule has 0 atom stereocenters. The molecule has 0 fully saturated rings. The van der Waals surface area contributed by atoms with E-state index in [1.807, 2.05) is 0 Å². The van der Waals surface area contributed by atoms with Gasteiger partial charge in [-0.3, -0.25) is 9.59 Å². The van der Waals surface area contributed by atoms with Crippen molar-refractivity contribution in [2.24, 2.45) is 11.1 Å². The molecule has 0 radical (unpaired) electrons. The summed E-state index contributed by atoms with van der Waals surface area (Å²) in [5.41, 5.74) is 11.3. The molecule has 0 saturated heterocycles. The van der Waals surface area contributed by atoms with Gasteiger partial charge in [-0.15, -0.1) is 0 Å². The van der Waals surface area contributed by atoms with Gasteiger partial charge in [0, 0.05) is 17.7 Å². The number of benzene rings is 2. The highest BCUT2D eigenvalue weighted by atomic mass is 16.1. The van der Waals surface area contributed by atoms with Gasteiger partial charge in [-0.25, -0.2) is 0 Å². The number of hydrogen-bond acceptors (Lipinski definition) is 4. The van der Waals surface area contributed by atoms with E-state index in [1.54, 1.807) is 24.3 Å². The lowest BCUT2D eigenvalue weighted by Gasteiger charge is -2.28. The molecule has 4 nitrogen and oxygen atoms in total. The Morgan fingerprint density at radius 3 is 2.27 bits per heavy atom. The first-order chi connectivity index (χ1) is 14.4. The Balaban J connectivity index is 1.39. The molecule has 0 heterocycles. The highest BCUT2D eigenvalue weighted by Crippen LogP contribution is 2.37. The van der Waals surface area contributed by atoms with Crippen LogP contribution in [0.2, 0.25) is 0 Å². The number of nitrogens with one attached hydrogen (secondary N) is 1. The molecule has 2 aliphatic rings.